The van der Waals surface area contributed by atoms with Crippen LogP contribution < -0.4 is 0 Å². The number of benzene rings is 1. The second kappa shape index (κ2) is 3.81. The molecule has 3 heteroatoms. The number of rotatable bonds is 2. The molecule has 0 atom stereocenters. The smallest absolute Gasteiger partial charge is 0.166 e. The lowest BCUT2D eigenvalue weighted by Gasteiger charge is -2.06. The molecule has 0 amide bonds. The number of nitrogens with zero attached hydrogens (tertiary/aromatic N) is 2. The molecule has 0 bridgehead atoms. The van der Waals surface area contributed by atoms with Gasteiger partial charge in [0, 0.05) is 6.20 Å². The van der Waals surface area contributed by atoms with Crippen LogP contribution in [-0.2, 0) is 0 Å². The van der Waals surface area contributed by atoms with E-state index in [1.165, 1.54) is 0 Å². The summed E-state index contributed by atoms with van der Waals surface area (Å²) in [7, 11) is 0. The van der Waals surface area contributed by atoms with E-state index in [4.69, 9.17) is 5.26 Å². The molecule has 1 aromatic carbocycles. The van der Waals surface area contributed by atoms with Crippen LogP contribution >= 0.6 is 0 Å². The topological polar surface area (TPSA) is 45.8 Å². The van der Waals surface area contributed by atoms with E-state index >= 15 is 0 Å². The Hall–Kier alpha value is -2.34. The van der Waals surface area contributed by atoms with Gasteiger partial charge in [-0.2, -0.15) is 5.26 Å². The van der Waals surface area contributed by atoms with Crippen molar-refractivity contribution in [3.8, 4) is 11.8 Å². The Bertz CT molecular complexity index is 535. The number of nitriles is 1. The number of carbonyl (C=O) groups excluding carboxylic acids is 1. The van der Waals surface area contributed by atoms with Crippen molar-refractivity contribution >= 4 is 6.29 Å². The van der Waals surface area contributed by atoms with Gasteiger partial charge < -0.3 is 4.57 Å². The summed E-state index contributed by atoms with van der Waals surface area (Å²) in [5.41, 5.74) is 1.82. The first-order valence-corrected chi connectivity index (χ1v) is 4.49. The van der Waals surface area contributed by atoms with Gasteiger partial charge in [-0.05, 0) is 24.3 Å². The lowest BCUT2D eigenvalue weighted by atomic mass is 10.2. The van der Waals surface area contributed by atoms with Gasteiger partial charge in [-0.3, -0.25) is 4.79 Å². The fourth-order valence-corrected chi connectivity index (χ4v) is 1.49. The highest BCUT2D eigenvalue weighted by atomic mass is 16.1. The van der Waals surface area contributed by atoms with Crippen LogP contribution in [0.2, 0.25) is 0 Å². The highest BCUT2D eigenvalue weighted by Crippen LogP contribution is 2.15. The molecule has 0 N–H and O–H groups in total. The van der Waals surface area contributed by atoms with Gasteiger partial charge in [0.1, 0.15) is 6.07 Å². The van der Waals surface area contributed by atoms with E-state index in [0.717, 1.165) is 12.0 Å². The molecule has 0 saturated heterocycles. The fourth-order valence-electron chi connectivity index (χ4n) is 1.49. The zero-order chi connectivity index (χ0) is 10.7. The summed E-state index contributed by atoms with van der Waals surface area (Å²) >= 11 is 0. The number of carbonyl (C=O) groups is 1. The van der Waals surface area contributed by atoms with E-state index in [-0.39, 0.29) is 0 Å². The van der Waals surface area contributed by atoms with Crippen LogP contribution in [-0.4, -0.2) is 10.9 Å². The van der Waals surface area contributed by atoms with E-state index in [1.807, 2.05) is 12.1 Å². The predicted molar refractivity (Wildman–Crippen MR) is 55.9 cm³/mol. The van der Waals surface area contributed by atoms with E-state index in [2.05, 4.69) is 6.07 Å². The van der Waals surface area contributed by atoms with Crippen molar-refractivity contribution in [2.24, 2.45) is 0 Å². The third-order valence-electron chi connectivity index (χ3n) is 2.19. The molecule has 0 spiro atoms. The molecule has 0 unspecified atom stereocenters. The molecule has 0 radical (unpaired) electrons. The first-order chi connectivity index (χ1) is 7.36. The van der Waals surface area contributed by atoms with Gasteiger partial charge in [-0.1, -0.05) is 12.1 Å². The largest absolute Gasteiger partial charge is 0.313 e. The molecule has 0 aliphatic heterocycles. The van der Waals surface area contributed by atoms with Gasteiger partial charge in [0.05, 0.1) is 16.9 Å². The fraction of sp³-hybridized carbons (Fsp3) is 0. The van der Waals surface area contributed by atoms with Gasteiger partial charge in [-0.25, -0.2) is 0 Å². The molecular formula is C12H8N2O. The Morgan fingerprint density at radius 1 is 1.20 bits per heavy atom. The van der Waals surface area contributed by atoms with Crippen LogP contribution in [0.5, 0.6) is 0 Å². The van der Waals surface area contributed by atoms with Gasteiger partial charge in [0.15, 0.2) is 6.29 Å². The normalized spacial score (nSPS) is 9.53. The van der Waals surface area contributed by atoms with Crippen molar-refractivity contribution in [1.82, 2.24) is 4.57 Å². The first-order valence-electron chi connectivity index (χ1n) is 4.49. The molecule has 1 heterocycles. The van der Waals surface area contributed by atoms with Gasteiger partial charge in [0.2, 0.25) is 0 Å². The molecule has 0 fully saturated rings. The Labute approximate surface area is 87.2 Å². The average molecular weight is 196 g/mol. The summed E-state index contributed by atoms with van der Waals surface area (Å²) in [4.78, 5) is 10.8. The molecule has 15 heavy (non-hydrogen) atoms. The molecule has 0 aliphatic rings. The van der Waals surface area contributed by atoms with Crippen molar-refractivity contribution in [3.63, 3.8) is 0 Å². The molecule has 2 rings (SSSR count). The average Bonchev–Trinajstić information content (AvgIpc) is 2.76. The molecule has 0 saturated carbocycles. The van der Waals surface area contributed by atoms with Crippen molar-refractivity contribution < 1.29 is 4.79 Å². The zero-order valence-corrected chi connectivity index (χ0v) is 7.92. The second-order valence-corrected chi connectivity index (χ2v) is 3.05. The SMILES string of the molecule is N#Cc1ccccc1-n1cccc1C=O. The Morgan fingerprint density at radius 2 is 2.00 bits per heavy atom. The Kier molecular flexibility index (Phi) is 2.34. The summed E-state index contributed by atoms with van der Waals surface area (Å²) in [5, 5.41) is 8.93. The summed E-state index contributed by atoms with van der Waals surface area (Å²) in [6.07, 6.45) is 2.54. The lowest BCUT2D eigenvalue weighted by Crippen LogP contribution is -1.99. The van der Waals surface area contributed by atoms with Gasteiger partial charge >= 0.3 is 0 Å². The van der Waals surface area contributed by atoms with Crippen LogP contribution in [0.15, 0.2) is 42.6 Å². The van der Waals surface area contributed by atoms with Crippen molar-refractivity contribution in [3.05, 3.63) is 53.9 Å². The maximum Gasteiger partial charge on any atom is 0.166 e. The maximum absolute atomic E-state index is 10.8. The van der Waals surface area contributed by atoms with Gasteiger partial charge in [-0.15, -0.1) is 0 Å². The third-order valence-corrected chi connectivity index (χ3v) is 2.19. The van der Waals surface area contributed by atoms with Crippen molar-refractivity contribution in [2.45, 2.75) is 0 Å². The van der Waals surface area contributed by atoms with Gasteiger partial charge in [0.25, 0.3) is 0 Å². The Balaban J connectivity index is 2.64. The number of hydrogen-bond donors (Lipinski definition) is 0. The van der Waals surface area contributed by atoms with E-state index < -0.39 is 0 Å². The highest BCUT2D eigenvalue weighted by Gasteiger charge is 2.05. The summed E-state index contributed by atoms with van der Waals surface area (Å²) < 4.78 is 1.70. The first kappa shape index (κ1) is 9.22. The van der Waals surface area contributed by atoms with Crippen LogP contribution in [0.3, 0.4) is 0 Å². The molecule has 1 aromatic heterocycles. The second-order valence-electron chi connectivity index (χ2n) is 3.05. The molecule has 0 aliphatic carbocycles. The lowest BCUT2D eigenvalue weighted by molar-refractivity contribution is 0.111. The predicted octanol–water partition coefficient (Wildman–Crippen LogP) is 2.16. The summed E-state index contributed by atoms with van der Waals surface area (Å²) in [6.45, 7) is 0. The van der Waals surface area contributed by atoms with Crippen LogP contribution in [0, 0.1) is 11.3 Å². The van der Waals surface area contributed by atoms with Crippen LogP contribution in [0.1, 0.15) is 16.1 Å². The quantitative estimate of drug-likeness (QED) is 0.691. The summed E-state index contributed by atoms with van der Waals surface area (Å²) in [5.74, 6) is 0. The summed E-state index contributed by atoms with van der Waals surface area (Å²) in [6, 6.07) is 12.8. The zero-order valence-electron chi connectivity index (χ0n) is 7.92. The molecule has 72 valence electrons. The number of aromatic nitrogens is 1. The highest BCUT2D eigenvalue weighted by molar-refractivity contribution is 5.74. The van der Waals surface area contributed by atoms with Crippen molar-refractivity contribution in [2.75, 3.05) is 0 Å². The van der Waals surface area contributed by atoms with Crippen molar-refractivity contribution in [1.29, 1.82) is 5.26 Å². The molecule has 3 nitrogen and oxygen atoms in total. The molecule has 2 aromatic rings. The minimum Gasteiger partial charge on any atom is -0.313 e. The Morgan fingerprint density at radius 3 is 2.73 bits per heavy atom. The van der Waals surface area contributed by atoms with E-state index in [1.54, 1.807) is 35.0 Å². The van der Waals surface area contributed by atoms with Crippen LogP contribution in [0.4, 0.5) is 0 Å². The minimum atomic E-state index is 0.540. The van der Waals surface area contributed by atoms with E-state index in [0.29, 0.717) is 11.3 Å². The standard InChI is InChI=1S/C12H8N2O/c13-8-10-4-1-2-6-12(10)14-7-3-5-11(14)9-15/h1-7,9H. The monoisotopic (exact) mass is 196 g/mol. The number of aldehydes is 1. The number of para-hydroxylation sites is 1. The number of hydrogen-bond acceptors (Lipinski definition) is 2. The molecular weight excluding hydrogens is 188 g/mol. The third kappa shape index (κ3) is 1.53. The van der Waals surface area contributed by atoms with Crippen LogP contribution in [0.25, 0.3) is 5.69 Å². The minimum absolute atomic E-state index is 0.540. The van der Waals surface area contributed by atoms with E-state index in [9.17, 15) is 4.79 Å². The maximum atomic E-state index is 10.8.